The molecule has 0 fully saturated rings. The lowest BCUT2D eigenvalue weighted by molar-refractivity contribution is -0.432. The number of hydrogen-bond acceptors (Lipinski definition) is 6. The molecule has 0 bridgehead atoms. The summed E-state index contributed by atoms with van der Waals surface area (Å²) in [4.78, 5) is 0.805. The summed E-state index contributed by atoms with van der Waals surface area (Å²) in [5, 5.41) is 11.6. The third-order valence-electron chi connectivity index (χ3n) is 2.17. The average molecular weight is 501 g/mol. The first-order chi connectivity index (χ1) is 8.61. The van der Waals surface area contributed by atoms with Crippen LogP contribution in [0.1, 0.15) is 11.1 Å². The van der Waals surface area contributed by atoms with Gasteiger partial charge < -0.3 is 0 Å². The molecular weight excluding hydrogens is 492 g/mol. The van der Waals surface area contributed by atoms with E-state index < -0.39 is 11.3 Å². The predicted molar refractivity (Wildman–Crippen MR) is 83.3 cm³/mol. The summed E-state index contributed by atoms with van der Waals surface area (Å²) in [6.07, 6.45) is 0. The van der Waals surface area contributed by atoms with Crippen molar-refractivity contribution < 1.29 is 23.0 Å². The zero-order valence-electron chi connectivity index (χ0n) is 9.69. The molecular formula is C9H9Br3O5S2. The van der Waals surface area contributed by atoms with Gasteiger partial charge in [-0.15, -0.1) is 4.33 Å². The third-order valence-corrected chi connectivity index (χ3v) is 8.35. The van der Waals surface area contributed by atoms with Crippen molar-refractivity contribution in [2.75, 3.05) is 0 Å². The van der Waals surface area contributed by atoms with Gasteiger partial charge in [-0.2, -0.15) is 0 Å². The Bertz CT molecular complexity index is 545. The molecule has 0 amide bonds. The second kappa shape index (κ2) is 6.73. The van der Waals surface area contributed by atoms with Crippen molar-refractivity contribution in [3.05, 3.63) is 23.3 Å². The molecule has 0 saturated carbocycles. The molecule has 19 heavy (non-hydrogen) atoms. The second-order valence-corrected chi connectivity index (χ2v) is 14.7. The molecule has 0 heterocycles. The van der Waals surface area contributed by atoms with Gasteiger partial charge in [-0.1, -0.05) is 5.04 Å². The highest BCUT2D eigenvalue weighted by atomic mass is 80.0. The molecule has 0 unspecified atom stereocenters. The molecule has 0 saturated heterocycles. The Balaban J connectivity index is 3.33. The van der Waals surface area contributed by atoms with Crippen LogP contribution < -0.4 is 0 Å². The summed E-state index contributed by atoms with van der Waals surface area (Å²) >= 11 is 9.86. The van der Waals surface area contributed by atoms with Gasteiger partial charge in [-0.3, -0.25) is 0 Å². The highest BCUT2D eigenvalue weighted by Gasteiger charge is 2.39. The van der Waals surface area contributed by atoms with Crippen LogP contribution in [-0.2, 0) is 19.2 Å². The molecule has 0 aliphatic rings. The third kappa shape index (κ3) is 4.16. The molecule has 0 aliphatic heterocycles. The zero-order chi connectivity index (χ0) is 14.8. The minimum Gasteiger partial charge on any atom is -0.220 e. The Hall–Kier alpha value is 0.840. The van der Waals surface area contributed by atoms with Crippen molar-refractivity contribution in [3.8, 4) is 0 Å². The molecule has 1 rings (SSSR count). The first kappa shape index (κ1) is 17.9. The van der Waals surface area contributed by atoms with Crippen LogP contribution in [-0.4, -0.2) is 15.1 Å². The number of sulfone groups is 1. The lowest BCUT2D eigenvalue weighted by atomic mass is 10.1. The minimum atomic E-state index is -3.66. The van der Waals surface area contributed by atoms with Gasteiger partial charge in [0.15, 0.2) is 0 Å². The monoisotopic (exact) mass is 498 g/mol. The first-order valence-corrected chi connectivity index (χ1v) is 9.29. The van der Waals surface area contributed by atoms with E-state index in [0.29, 0.717) is 16.0 Å². The molecule has 0 aromatic heterocycles. The van der Waals surface area contributed by atoms with E-state index in [1.165, 1.54) is 0 Å². The van der Waals surface area contributed by atoms with Crippen molar-refractivity contribution in [2.45, 2.75) is 25.1 Å². The molecule has 1 N–H and O–H groups in total. The number of rotatable bonds is 4. The molecule has 0 aliphatic carbocycles. The summed E-state index contributed by atoms with van der Waals surface area (Å²) in [7, 11) is -3.66. The summed E-state index contributed by atoms with van der Waals surface area (Å²) in [6.45, 7) is 3.34. The maximum Gasteiger partial charge on any atom is 0.239 e. The molecule has 1 aromatic carbocycles. The average Bonchev–Trinajstić information content (AvgIpc) is 2.23. The summed E-state index contributed by atoms with van der Waals surface area (Å²) in [5.41, 5.74) is 1.10. The van der Waals surface area contributed by atoms with E-state index in [1.54, 1.807) is 26.0 Å². The van der Waals surface area contributed by atoms with E-state index in [4.69, 9.17) is 5.26 Å². The van der Waals surface area contributed by atoms with Crippen molar-refractivity contribution in [2.24, 2.45) is 0 Å². The molecule has 0 radical (unpaired) electrons. The predicted octanol–water partition coefficient (Wildman–Crippen LogP) is 4.30. The fourth-order valence-electron chi connectivity index (χ4n) is 1.55. The van der Waals surface area contributed by atoms with Crippen LogP contribution in [0.5, 0.6) is 0 Å². The standard InChI is InChI=1S/C9H9Br3O5S2/c1-5-3-7(18-17-16-13)4-6(2)8(5)19(14,15)9(10,11)12/h3-4,13H,1-2H3. The van der Waals surface area contributed by atoms with Gasteiger partial charge in [-0.25, -0.2) is 13.7 Å². The number of hydrogen-bond donors (Lipinski definition) is 1. The SMILES string of the molecule is Cc1cc(SOOO)cc(C)c1S(=O)(=O)C(Br)(Br)Br. The van der Waals surface area contributed by atoms with Crippen LogP contribution in [0.3, 0.4) is 0 Å². The van der Waals surface area contributed by atoms with E-state index in [2.05, 4.69) is 57.2 Å². The molecule has 10 heteroatoms. The van der Waals surface area contributed by atoms with Gasteiger partial charge >= 0.3 is 0 Å². The number of halogens is 3. The largest absolute Gasteiger partial charge is 0.239 e. The van der Waals surface area contributed by atoms with E-state index >= 15 is 0 Å². The summed E-state index contributed by atoms with van der Waals surface area (Å²) in [6, 6.07) is 3.23. The number of aryl methyl sites for hydroxylation is 2. The van der Waals surface area contributed by atoms with Crippen LogP contribution in [0.15, 0.2) is 21.9 Å². The van der Waals surface area contributed by atoms with E-state index in [1.807, 2.05) is 0 Å². The maximum atomic E-state index is 12.4. The van der Waals surface area contributed by atoms with Gasteiger partial charge in [0, 0.05) is 4.90 Å². The molecule has 5 nitrogen and oxygen atoms in total. The Labute approximate surface area is 140 Å². The quantitative estimate of drug-likeness (QED) is 0.287. The van der Waals surface area contributed by atoms with Crippen LogP contribution in [0, 0.1) is 13.8 Å². The van der Waals surface area contributed by atoms with Crippen molar-refractivity contribution in [1.29, 1.82) is 0 Å². The van der Waals surface area contributed by atoms with Crippen molar-refractivity contribution in [1.82, 2.24) is 0 Å². The van der Waals surface area contributed by atoms with Gasteiger partial charge in [-0.05, 0) is 84.9 Å². The molecule has 108 valence electrons. The first-order valence-electron chi connectivity index (χ1n) is 4.68. The Kier molecular flexibility index (Phi) is 6.34. The Morgan fingerprint density at radius 2 is 1.68 bits per heavy atom. The highest BCUT2D eigenvalue weighted by Crippen LogP contribution is 2.45. The molecule has 0 atom stereocenters. The Morgan fingerprint density at radius 3 is 2.05 bits per heavy atom. The maximum absolute atomic E-state index is 12.4. The van der Waals surface area contributed by atoms with Crippen LogP contribution in [0.2, 0.25) is 0 Å². The van der Waals surface area contributed by atoms with E-state index in [-0.39, 0.29) is 4.90 Å². The van der Waals surface area contributed by atoms with Crippen LogP contribution in [0.4, 0.5) is 0 Å². The lowest BCUT2D eigenvalue weighted by Crippen LogP contribution is -2.20. The lowest BCUT2D eigenvalue weighted by Gasteiger charge is -2.18. The van der Waals surface area contributed by atoms with Gasteiger partial charge in [0.05, 0.1) is 16.9 Å². The minimum absolute atomic E-state index is 0.201. The van der Waals surface area contributed by atoms with Crippen molar-refractivity contribution >= 4 is 69.7 Å². The molecule has 0 spiro atoms. The van der Waals surface area contributed by atoms with Crippen molar-refractivity contribution in [3.63, 3.8) is 0 Å². The number of benzene rings is 1. The normalized spacial score (nSPS) is 12.7. The van der Waals surface area contributed by atoms with Gasteiger partial charge in [0.1, 0.15) is 0 Å². The fourth-order valence-corrected chi connectivity index (χ4v) is 4.77. The van der Waals surface area contributed by atoms with E-state index in [0.717, 1.165) is 12.0 Å². The smallest absolute Gasteiger partial charge is 0.220 e. The van der Waals surface area contributed by atoms with Crippen LogP contribution >= 0.6 is 59.8 Å². The highest BCUT2D eigenvalue weighted by molar-refractivity contribution is 9.42. The Morgan fingerprint density at radius 1 is 1.21 bits per heavy atom. The summed E-state index contributed by atoms with van der Waals surface area (Å²) < 4.78 is 27.7. The zero-order valence-corrected chi connectivity index (χ0v) is 16.1. The van der Waals surface area contributed by atoms with Crippen LogP contribution in [0.25, 0.3) is 0 Å². The fraction of sp³-hybridized carbons (Fsp3) is 0.333. The topological polar surface area (TPSA) is 72.8 Å². The van der Waals surface area contributed by atoms with Gasteiger partial charge in [0.2, 0.25) is 11.3 Å². The van der Waals surface area contributed by atoms with E-state index in [9.17, 15) is 8.42 Å². The molecule has 1 aromatic rings. The second-order valence-electron chi connectivity index (χ2n) is 3.56. The summed E-state index contributed by atoms with van der Waals surface area (Å²) in [5.74, 6) is 0. The van der Waals surface area contributed by atoms with Gasteiger partial charge in [0.25, 0.3) is 0 Å². The number of alkyl halides is 3.